The first-order valence-electron chi connectivity index (χ1n) is 10.3. The molecule has 1 fully saturated rings. The number of aromatic nitrogens is 2. The zero-order valence-electron chi connectivity index (χ0n) is 17.5. The van der Waals surface area contributed by atoms with Gasteiger partial charge in [-0.2, -0.15) is 5.10 Å². The monoisotopic (exact) mass is 408 g/mol. The summed E-state index contributed by atoms with van der Waals surface area (Å²) >= 11 is 0. The Morgan fingerprint density at radius 3 is 2.73 bits per heavy atom. The minimum absolute atomic E-state index is 0.00990. The topological polar surface area (TPSA) is 93.6 Å². The molecule has 2 heterocycles. The van der Waals surface area contributed by atoms with E-state index in [-0.39, 0.29) is 5.91 Å². The average molecular weight is 409 g/mol. The van der Waals surface area contributed by atoms with Crippen molar-refractivity contribution in [3.05, 3.63) is 48.2 Å². The normalized spacial score (nSPS) is 15.0. The fourth-order valence-corrected chi connectivity index (χ4v) is 3.66. The van der Waals surface area contributed by atoms with Gasteiger partial charge in [-0.25, -0.2) is 0 Å². The van der Waals surface area contributed by atoms with Crippen LogP contribution < -0.4 is 5.73 Å². The lowest BCUT2D eigenvalue weighted by molar-refractivity contribution is 0.0303. The van der Waals surface area contributed by atoms with Gasteiger partial charge < -0.3 is 20.5 Å². The molecule has 0 aliphatic carbocycles. The van der Waals surface area contributed by atoms with Gasteiger partial charge in [0.15, 0.2) is 0 Å². The maximum Gasteiger partial charge on any atom is 0.254 e. The molecule has 2 aromatic carbocycles. The number of morpholine rings is 1. The molecule has 158 valence electrons. The molecule has 0 radical (unpaired) electrons. The molecule has 1 amide bonds. The van der Waals surface area contributed by atoms with E-state index in [9.17, 15) is 9.90 Å². The Balaban J connectivity index is 1.62. The smallest absolute Gasteiger partial charge is 0.254 e. The molecule has 4 rings (SSSR count). The number of nitrogens with zero attached hydrogens (tertiary/aromatic N) is 3. The highest BCUT2D eigenvalue weighted by molar-refractivity contribution is 5.97. The fourth-order valence-electron chi connectivity index (χ4n) is 3.66. The molecule has 0 saturated carbocycles. The van der Waals surface area contributed by atoms with Gasteiger partial charge in [0, 0.05) is 48.0 Å². The molecule has 7 heteroatoms. The van der Waals surface area contributed by atoms with E-state index in [1.807, 2.05) is 52.2 Å². The van der Waals surface area contributed by atoms with Gasteiger partial charge in [0.25, 0.3) is 5.91 Å². The Hall–Kier alpha value is -2.90. The van der Waals surface area contributed by atoms with Crippen LogP contribution in [0.25, 0.3) is 22.0 Å². The number of anilines is 1. The summed E-state index contributed by atoms with van der Waals surface area (Å²) in [6, 6.07) is 11.4. The Bertz CT molecular complexity index is 1060. The van der Waals surface area contributed by atoms with Crippen LogP contribution in [0.5, 0.6) is 0 Å². The van der Waals surface area contributed by atoms with E-state index in [0.717, 1.165) is 22.0 Å². The summed E-state index contributed by atoms with van der Waals surface area (Å²) < 4.78 is 7.18. The zero-order chi connectivity index (χ0) is 21.3. The van der Waals surface area contributed by atoms with Crippen molar-refractivity contribution in [3.8, 4) is 11.1 Å². The van der Waals surface area contributed by atoms with E-state index in [2.05, 4.69) is 5.10 Å². The van der Waals surface area contributed by atoms with Crippen molar-refractivity contribution < 1.29 is 14.6 Å². The number of nitrogen functional groups attached to an aromatic ring is 1. The van der Waals surface area contributed by atoms with Crippen LogP contribution in [0.15, 0.2) is 42.6 Å². The molecule has 1 saturated heterocycles. The van der Waals surface area contributed by atoms with Gasteiger partial charge >= 0.3 is 0 Å². The summed E-state index contributed by atoms with van der Waals surface area (Å²) in [6.45, 7) is 6.57. The number of carbonyl (C=O) groups is 1. The number of hydrogen-bond donors (Lipinski definition) is 2. The number of aryl methyl sites for hydroxylation is 1. The molecule has 7 nitrogen and oxygen atoms in total. The van der Waals surface area contributed by atoms with Gasteiger partial charge in [0.05, 0.1) is 24.3 Å². The molecule has 1 aromatic heterocycles. The first-order chi connectivity index (χ1) is 14.3. The molecule has 0 spiro atoms. The number of benzene rings is 2. The van der Waals surface area contributed by atoms with Crippen molar-refractivity contribution in [3.63, 3.8) is 0 Å². The highest BCUT2D eigenvalue weighted by Crippen LogP contribution is 2.31. The Morgan fingerprint density at radius 2 is 2.00 bits per heavy atom. The number of amides is 1. The van der Waals surface area contributed by atoms with E-state index in [0.29, 0.717) is 50.5 Å². The van der Waals surface area contributed by atoms with Crippen LogP contribution in [0.1, 0.15) is 30.6 Å². The molecule has 30 heavy (non-hydrogen) atoms. The van der Waals surface area contributed by atoms with Gasteiger partial charge in [-0.05, 0) is 50.1 Å². The second kappa shape index (κ2) is 8.08. The van der Waals surface area contributed by atoms with Crippen LogP contribution in [0.2, 0.25) is 0 Å². The highest BCUT2D eigenvalue weighted by atomic mass is 16.5. The lowest BCUT2D eigenvalue weighted by Crippen LogP contribution is -2.40. The predicted octanol–water partition coefficient (Wildman–Crippen LogP) is 2.92. The second-order valence-corrected chi connectivity index (χ2v) is 8.44. The minimum Gasteiger partial charge on any atom is -0.398 e. The number of ether oxygens (including phenoxy) is 1. The van der Waals surface area contributed by atoms with E-state index in [4.69, 9.17) is 10.5 Å². The van der Waals surface area contributed by atoms with Crippen molar-refractivity contribution in [2.45, 2.75) is 32.4 Å². The molecule has 1 aliphatic heterocycles. The van der Waals surface area contributed by atoms with Crippen molar-refractivity contribution in [2.75, 3.05) is 32.0 Å². The van der Waals surface area contributed by atoms with Crippen molar-refractivity contribution in [2.24, 2.45) is 0 Å². The SMILES string of the molecule is CC(C)(O)CCn1cc2cc(N)c(-c3cccc(C(=O)N4CCOCC4)c3)cc2n1. The summed E-state index contributed by atoms with van der Waals surface area (Å²) in [7, 11) is 0. The number of nitrogens with two attached hydrogens (primary N) is 1. The van der Waals surface area contributed by atoms with Crippen LogP contribution in [-0.2, 0) is 11.3 Å². The first kappa shape index (κ1) is 20.4. The number of carbonyl (C=O) groups excluding carboxylic acids is 1. The zero-order valence-corrected chi connectivity index (χ0v) is 17.5. The molecular weight excluding hydrogens is 380 g/mol. The maximum atomic E-state index is 12.8. The largest absolute Gasteiger partial charge is 0.398 e. The predicted molar refractivity (Wildman–Crippen MR) is 117 cm³/mol. The van der Waals surface area contributed by atoms with Crippen molar-refractivity contribution >= 4 is 22.5 Å². The fraction of sp³-hybridized carbons (Fsp3) is 0.391. The standard InChI is InChI=1S/C23H28N4O3/c1-23(2,29)6-7-27-15-18-13-20(24)19(14-21(18)25-27)16-4-3-5-17(12-16)22(28)26-8-10-30-11-9-26/h3-5,12-15,29H,6-11,24H2,1-2H3. The summed E-state index contributed by atoms with van der Waals surface area (Å²) in [6.07, 6.45) is 2.55. The summed E-state index contributed by atoms with van der Waals surface area (Å²) in [5.74, 6) is 0.00990. The quantitative estimate of drug-likeness (QED) is 0.633. The number of fused-ring (bicyclic) bond motifs is 1. The minimum atomic E-state index is -0.740. The van der Waals surface area contributed by atoms with Gasteiger partial charge in [-0.15, -0.1) is 0 Å². The first-order valence-corrected chi connectivity index (χ1v) is 10.3. The molecule has 3 N–H and O–H groups in total. The Labute approximate surface area is 176 Å². The van der Waals surface area contributed by atoms with Crippen LogP contribution >= 0.6 is 0 Å². The lowest BCUT2D eigenvalue weighted by atomic mass is 9.99. The third-order valence-corrected chi connectivity index (χ3v) is 5.39. The number of rotatable bonds is 5. The van der Waals surface area contributed by atoms with Gasteiger partial charge in [0.2, 0.25) is 0 Å². The molecule has 0 bridgehead atoms. The second-order valence-electron chi connectivity index (χ2n) is 8.44. The molecule has 0 unspecified atom stereocenters. The van der Waals surface area contributed by atoms with Crippen LogP contribution in [0.4, 0.5) is 5.69 Å². The molecule has 1 aliphatic rings. The van der Waals surface area contributed by atoms with E-state index in [1.54, 1.807) is 13.8 Å². The van der Waals surface area contributed by atoms with Crippen LogP contribution in [0.3, 0.4) is 0 Å². The average Bonchev–Trinajstić information content (AvgIpc) is 3.13. The van der Waals surface area contributed by atoms with E-state index >= 15 is 0 Å². The number of hydrogen-bond acceptors (Lipinski definition) is 5. The summed E-state index contributed by atoms with van der Waals surface area (Å²) in [5, 5.41) is 15.5. The van der Waals surface area contributed by atoms with Gasteiger partial charge in [0.1, 0.15) is 0 Å². The van der Waals surface area contributed by atoms with Crippen molar-refractivity contribution in [1.29, 1.82) is 0 Å². The van der Waals surface area contributed by atoms with E-state index in [1.165, 1.54) is 0 Å². The Morgan fingerprint density at radius 1 is 1.23 bits per heavy atom. The molecular formula is C23H28N4O3. The lowest BCUT2D eigenvalue weighted by Gasteiger charge is -2.27. The molecule has 0 atom stereocenters. The van der Waals surface area contributed by atoms with Crippen molar-refractivity contribution in [1.82, 2.24) is 14.7 Å². The highest BCUT2D eigenvalue weighted by Gasteiger charge is 2.19. The Kier molecular flexibility index (Phi) is 5.49. The number of aliphatic hydroxyl groups is 1. The van der Waals surface area contributed by atoms with Gasteiger partial charge in [-0.1, -0.05) is 12.1 Å². The third kappa shape index (κ3) is 4.47. The summed E-state index contributed by atoms with van der Waals surface area (Å²) in [4.78, 5) is 14.7. The molecule has 3 aromatic rings. The van der Waals surface area contributed by atoms with Crippen LogP contribution in [0, 0.1) is 0 Å². The van der Waals surface area contributed by atoms with Gasteiger partial charge in [-0.3, -0.25) is 9.48 Å². The summed E-state index contributed by atoms with van der Waals surface area (Å²) in [5.41, 5.74) is 9.47. The van der Waals surface area contributed by atoms with E-state index < -0.39 is 5.60 Å². The maximum absolute atomic E-state index is 12.8. The van der Waals surface area contributed by atoms with Crippen LogP contribution in [-0.4, -0.2) is 57.6 Å². The third-order valence-electron chi connectivity index (χ3n) is 5.39.